The summed E-state index contributed by atoms with van der Waals surface area (Å²) >= 11 is 0. The third-order valence-corrected chi connectivity index (χ3v) is 4.54. The van der Waals surface area contributed by atoms with E-state index in [1.54, 1.807) is 12.1 Å². The Morgan fingerprint density at radius 1 is 1.04 bits per heavy atom. The first-order valence-corrected chi connectivity index (χ1v) is 8.28. The van der Waals surface area contributed by atoms with Crippen LogP contribution in [0.5, 0.6) is 5.75 Å². The van der Waals surface area contributed by atoms with Crippen molar-refractivity contribution >= 4 is 12.4 Å². The molecule has 7 heteroatoms. The summed E-state index contributed by atoms with van der Waals surface area (Å²) < 4.78 is 40.3. The van der Waals surface area contributed by atoms with Gasteiger partial charge in [-0.2, -0.15) is 0 Å². The van der Waals surface area contributed by atoms with E-state index in [0.29, 0.717) is 6.04 Å². The van der Waals surface area contributed by atoms with Gasteiger partial charge in [0, 0.05) is 12.6 Å². The molecule has 1 N–H and O–H groups in total. The summed E-state index contributed by atoms with van der Waals surface area (Å²) in [6, 6.07) is 6.80. The maximum Gasteiger partial charge on any atom is 0.573 e. The average molecular weight is 365 g/mol. The van der Waals surface area contributed by atoms with Crippen LogP contribution in [0.2, 0.25) is 0 Å². The molecule has 0 amide bonds. The molecule has 1 aromatic carbocycles. The summed E-state index contributed by atoms with van der Waals surface area (Å²) in [7, 11) is 0. The molecular formula is C17H24ClF3N2O. The van der Waals surface area contributed by atoms with Gasteiger partial charge in [0.1, 0.15) is 5.75 Å². The van der Waals surface area contributed by atoms with Gasteiger partial charge in [0.2, 0.25) is 0 Å². The van der Waals surface area contributed by atoms with Gasteiger partial charge in [0.05, 0.1) is 0 Å². The zero-order valence-corrected chi connectivity index (χ0v) is 14.3. The van der Waals surface area contributed by atoms with E-state index >= 15 is 0 Å². The summed E-state index contributed by atoms with van der Waals surface area (Å²) in [5.74, 6) is 0.745. The lowest BCUT2D eigenvalue weighted by molar-refractivity contribution is -0.274. The van der Waals surface area contributed by atoms with Gasteiger partial charge in [-0.15, -0.1) is 25.6 Å². The minimum absolute atomic E-state index is 0. The molecule has 2 aliphatic rings. The fourth-order valence-electron chi connectivity index (χ4n) is 3.01. The van der Waals surface area contributed by atoms with E-state index in [0.717, 1.165) is 50.5 Å². The number of alkyl halides is 3. The number of likely N-dealkylation sites (tertiary alicyclic amines) is 1. The molecule has 0 aromatic heterocycles. The highest BCUT2D eigenvalue weighted by molar-refractivity contribution is 5.85. The Morgan fingerprint density at radius 3 is 2.21 bits per heavy atom. The topological polar surface area (TPSA) is 24.5 Å². The molecule has 2 fully saturated rings. The van der Waals surface area contributed by atoms with E-state index in [4.69, 9.17) is 0 Å². The van der Waals surface area contributed by atoms with Crippen molar-refractivity contribution in [2.45, 2.75) is 44.6 Å². The largest absolute Gasteiger partial charge is 0.573 e. The first-order chi connectivity index (χ1) is 11.0. The van der Waals surface area contributed by atoms with E-state index in [1.165, 1.54) is 25.0 Å². The predicted octanol–water partition coefficient (Wildman–Crippen LogP) is 3.97. The monoisotopic (exact) mass is 364 g/mol. The van der Waals surface area contributed by atoms with Crippen molar-refractivity contribution in [1.29, 1.82) is 0 Å². The first-order valence-electron chi connectivity index (χ1n) is 8.28. The van der Waals surface area contributed by atoms with E-state index in [-0.39, 0.29) is 18.2 Å². The number of hydrogen-bond donors (Lipinski definition) is 1. The second-order valence-corrected chi connectivity index (χ2v) is 6.59. The van der Waals surface area contributed by atoms with Crippen molar-refractivity contribution in [3.05, 3.63) is 29.8 Å². The van der Waals surface area contributed by atoms with Crippen LogP contribution in [0.25, 0.3) is 0 Å². The number of benzene rings is 1. The summed E-state index contributed by atoms with van der Waals surface area (Å²) in [6.07, 6.45) is 0.403. The molecule has 0 radical (unpaired) electrons. The molecule has 3 rings (SSSR count). The third-order valence-electron chi connectivity index (χ3n) is 4.54. The molecule has 0 spiro atoms. The summed E-state index contributed by atoms with van der Waals surface area (Å²) in [4.78, 5) is 2.36. The van der Waals surface area contributed by atoms with Gasteiger partial charge in [0.25, 0.3) is 0 Å². The van der Waals surface area contributed by atoms with Gasteiger partial charge in [-0.3, -0.25) is 4.90 Å². The van der Waals surface area contributed by atoms with Crippen LogP contribution < -0.4 is 10.1 Å². The number of nitrogens with zero attached hydrogens (tertiary/aromatic N) is 1. The molecule has 1 aliphatic carbocycles. The molecule has 0 bridgehead atoms. The molecule has 1 aromatic rings. The third kappa shape index (κ3) is 6.49. The Bertz CT molecular complexity index is 498. The van der Waals surface area contributed by atoms with Crippen LogP contribution in [-0.4, -0.2) is 36.9 Å². The maximum atomic E-state index is 12.1. The van der Waals surface area contributed by atoms with E-state index < -0.39 is 6.36 Å². The highest BCUT2D eigenvalue weighted by Gasteiger charge is 2.31. The average Bonchev–Trinajstić information content (AvgIpc) is 3.31. The Balaban J connectivity index is 0.00000208. The van der Waals surface area contributed by atoms with Crippen LogP contribution in [0.4, 0.5) is 13.2 Å². The van der Waals surface area contributed by atoms with Crippen molar-refractivity contribution in [3.8, 4) is 5.75 Å². The van der Waals surface area contributed by atoms with Gasteiger partial charge >= 0.3 is 6.36 Å². The molecule has 1 saturated heterocycles. The standard InChI is InChI=1S/C17H23F3N2O.ClH/c18-17(19,20)23-16-5-3-14(4-6-16)12-22-9-7-15(8-10-22)21-11-13-1-2-13;/h3-6,13,15,21H,1-2,7-12H2;1H. The second kappa shape index (κ2) is 8.41. The zero-order chi connectivity index (χ0) is 16.3. The number of hydrogen-bond acceptors (Lipinski definition) is 3. The number of piperidine rings is 1. The van der Waals surface area contributed by atoms with Crippen LogP contribution in [-0.2, 0) is 6.54 Å². The molecule has 0 atom stereocenters. The summed E-state index contributed by atoms with van der Waals surface area (Å²) in [5, 5.41) is 3.65. The number of rotatable bonds is 6. The predicted molar refractivity (Wildman–Crippen MR) is 89.4 cm³/mol. The molecule has 1 heterocycles. The van der Waals surface area contributed by atoms with Crippen LogP contribution in [0, 0.1) is 5.92 Å². The Morgan fingerprint density at radius 2 is 1.67 bits per heavy atom. The van der Waals surface area contributed by atoms with Crippen LogP contribution in [0.15, 0.2) is 24.3 Å². The number of nitrogens with one attached hydrogen (secondary N) is 1. The molecule has 1 saturated carbocycles. The highest BCUT2D eigenvalue weighted by Crippen LogP contribution is 2.28. The van der Waals surface area contributed by atoms with Crippen LogP contribution in [0.1, 0.15) is 31.2 Å². The van der Waals surface area contributed by atoms with E-state index in [2.05, 4.69) is 15.0 Å². The van der Waals surface area contributed by atoms with Crippen molar-refractivity contribution in [2.75, 3.05) is 19.6 Å². The van der Waals surface area contributed by atoms with Crippen molar-refractivity contribution < 1.29 is 17.9 Å². The fourth-order valence-corrected chi connectivity index (χ4v) is 3.01. The lowest BCUT2D eigenvalue weighted by Crippen LogP contribution is -2.42. The highest BCUT2D eigenvalue weighted by atomic mass is 35.5. The second-order valence-electron chi connectivity index (χ2n) is 6.59. The molecule has 3 nitrogen and oxygen atoms in total. The number of halogens is 4. The first kappa shape index (κ1) is 19.3. The Labute approximate surface area is 147 Å². The van der Waals surface area contributed by atoms with Crippen LogP contribution in [0.3, 0.4) is 0 Å². The Kier molecular flexibility index (Phi) is 6.78. The van der Waals surface area contributed by atoms with Gasteiger partial charge in [-0.25, -0.2) is 0 Å². The van der Waals surface area contributed by atoms with Gasteiger partial charge in [-0.05, 0) is 68.9 Å². The van der Waals surface area contributed by atoms with Gasteiger partial charge in [-0.1, -0.05) is 12.1 Å². The van der Waals surface area contributed by atoms with Gasteiger partial charge in [0.15, 0.2) is 0 Å². The molecular weight excluding hydrogens is 341 g/mol. The maximum absolute atomic E-state index is 12.1. The smallest absolute Gasteiger partial charge is 0.406 e. The van der Waals surface area contributed by atoms with Crippen LogP contribution >= 0.6 is 12.4 Å². The van der Waals surface area contributed by atoms with Crippen molar-refractivity contribution in [3.63, 3.8) is 0 Å². The minimum atomic E-state index is -4.63. The molecule has 136 valence electrons. The number of ether oxygens (including phenoxy) is 1. The quantitative estimate of drug-likeness (QED) is 0.826. The van der Waals surface area contributed by atoms with Gasteiger partial charge < -0.3 is 10.1 Å². The van der Waals surface area contributed by atoms with E-state index in [1.807, 2.05) is 0 Å². The molecule has 0 unspecified atom stereocenters. The Hall–Kier alpha value is -0.980. The lowest BCUT2D eigenvalue weighted by atomic mass is 10.0. The molecule has 1 aliphatic heterocycles. The SMILES string of the molecule is Cl.FC(F)(F)Oc1ccc(CN2CCC(NCC3CC3)CC2)cc1. The summed E-state index contributed by atoms with van der Waals surface area (Å²) in [6.45, 7) is 4.00. The minimum Gasteiger partial charge on any atom is -0.406 e. The fraction of sp³-hybridized carbons (Fsp3) is 0.647. The zero-order valence-electron chi connectivity index (χ0n) is 13.5. The molecule has 24 heavy (non-hydrogen) atoms. The summed E-state index contributed by atoms with van der Waals surface area (Å²) in [5.41, 5.74) is 1.02. The van der Waals surface area contributed by atoms with Crippen molar-refractivity contribution in [1.82, 2.24) is 10.2 Å². The lowest BCUT2D eigenvalue weighted by Gasteiger charge is -2.32. The van der Waals surface area contributed by atoms with E-state index in [9.17, 15) is 13.2 Å². The normalized spacial score (nSPS) is 19.8. The van der Waals surface area contributed by atoms with Crippen molar-refractivity contribution in [2.24, 2.45) is 5.92 Å².